The van der Waals surface area contributed by atoms with Crippen molar-refractivity contribution >= 4 is 29.5 Å². The summed E-state index contributed by atoms with van der Waals surface area (Å²) in [5, 5.41) is 17.2. The molecule has 9 heteroatoms. The van der Waals surface area contributed by atoms with Crippen LogP contribution in [0.25, 0.3) is 0 Å². The molecule has 0 radical (unpaired) electrons. The van der Waals surface area contributed by atoms with Gasteiger partial charge >= 0.3 is 0 Å². The third-order valence-corrected chi connectivity index (χ3v) is 7.34. The van der Waals surface area contributed by atoms with E-state index in [-0.39, 0.29) is 22.6 Å². The van der Waals surface area contributed by atoms with Crippen LogP contribution in [0, 0.1) is 5.92 Å². The van der Waals surface area contributed by atoms with Gasteiger partial charge in [0.15, 0.2) is 0 Å². The Morgan fingerprint density at radius 1 is 0.974 bits per heavy atom. The normalized spacial score (nSPS) is 12.7. The summed E-state index contributed by atoms with van der Waals surface area (Å²) in [5.74, 6) is -0.475. The molecule has 0 heterocycles. The van der Waals surface area contributed by atoms with Crippen LogP contribution in [-0.2, 0) is 0 Å². The quantitative estimate of drug-likeness (QED) is 0.173. The summed E-state index contributed by atoms with van der Waals surface area (Å²) in [6.45, 7) is 10.5. The molecule has 0 aliphatic rings. The van der Waals surface area contributed by atoms with Crippen molar-refractivity contribution in [1.29, 1.82) is 0 Å². The predicted octanol–water partition coefficient (Wildman–Crippen LogP) is 3.94. The molecule has 0 unspecified atom stereocenters. The second-order valence-corrected chi connectivity index (χ2v) is 11.2. The van der Waals surface area contributed by atoms with Gasteiger partial charge in [0.2, 0.25) is 5.91 Å². The third kappa shape index (κ3) is 11.0. The molecule has 0 saturated carbocycles. The number of thioether (sulfide) groups is 1. The maximum absolute atomic E-state index is 13.4. The predicted molar refractivity (Wildman–Crippen MR) is 158 cm³/mol. The average molecular weight is 557 g/mol. The van der Waals surface area contributed by atoms with Gasteiger partial charge in [-0.2, -0.15) is 0 Å². The molecule has 0 bridgehead atoms. The first-order valence-electron chi connectivity index (χ1n) is 13.8. The summed E-state index contributed by atoms with van der Waals surface area (Å²) in [5.41, 5.74) is 6.03. The number of aliphatic hydroxyl groups is 1. The molecule has 2 aromatic rings. The van der Waals surface area contributed by atoms with Crippen LogP contribution in [0.15, 0.2) is 53.4 Å². The third-order valence-electron chi connectivity index (χ3n) is 6.21. The van der Waals surface area contributed by atoms with Gasteiger partial charge in [-0.25, -0.2) is 0 Å². The molecule has 0 aliphatic heterocycles. The fourth-order valence-corrected chi connectivity index (χ4v) is 5.08. The summed E-state index contributed by atoms with van der Waals surface area (Å²) in [7, 11) is 0. The largest absolute Gasteiger partial charge is 0.390 e. The van der Waals surface area contributed by atoms with Crippen molar-refractivity contribution in [2.75, 3.05) is 31.9 Å². The van der Waals surface area contributed by atoms with Crippen molar-refractivity contribution in [3.05, 3.63) is 65.2 Å². The molecule has 0 saturated heterocycles. The number of carbonyl (C=O) groups excluding carboxylic acids is 3. The Morgan fingerprint density at radius 2 is 1.59 bits per heavy atom. The lowest BCUT2D eigenvalue weighted by molar-refractivity contribution is 0.0755. The first-order chi connectivity index (χ1) is 18.7. The molecule has 39 heavy (non-hydrogen) atoms. The van der Waals surface area contributed by atoms with Gasteiger partial charge in [-0.3, -0.25) is 14.4 Å². The van der Waals surface area contributed by atoms with Crippen molar-refractivity contribution in [3.63, 3.8) is 0 Å². The molecule has 0 spiro atoms. The Hall–Kier alpha value is -2.88. The Labute approximate surface area is 237 Å². The standard InChI is InChI=1S/C30H44N4O4S/c1-5-14-34(15-6-2)30(38)24-17-22(28(31)36)16-23(18-24)29(37)33-26(20-39-25-10-8-7-9-11-25)27(35)19-32-13-12-21(3)4/h7-11,16-18,21,26-27,32,35H,5-6,12-15,19-20H2,1-4H3,(H2,31,36)(H,33,37)/t26-,27+/m0/s1. The summed E-state index contributed by atoms with van der Waals surface area (Å²) in [4.78, 5) is 41.5. The summed E-state index contributed by atoms with van der Waals surface area (Å²) in [6, 6.07) is 13.5. The maximum atomic E-state index is 13.4. The smallest absolute Gasteiger partial charge is 0.253 e. The van der Waals surface area contributed by atoms with Crippen LogP contribution in [0.4, 0.5) is 0 Å². The number of hydrogen-bond acceptors (Lipinski definition) is 6. The number of nitrogens with one attached hydrogen (secondary N) is 2. The van der Waals surface area contributed by atoms with E-state index in [1.807, 2.05) is 44.2 Å². The van der Waals surface area contributed by atoms with E-state index in [1.165, 1.54) is 30.0 Å². The lowest BCUT2D eigenvalue weighted by Gasteiger charge is -2.25. The molecule has 0 fully saturated rings. The number of nitrogens with two attached hydrogens (primary N) is 1. The van der Waals surface area contributed by atoms with Gasteiger partial charge in [0.05, 0.1) is 12.1 Å². The van der Waals surface area contributed by atoms with Gasteiger partial charge in [-0.05, 0) is 62.1 Å². The maximum Gasteiger partial charge on any atom is 0.253 e. The average Bonchev–Trinajstić information content (AvgIpc) is 2.92. The van der Waals surface area contributed by atoms with Crippen LogP contribution in [0.2, 0.25) is 0 Å². The molecule has 214 valence electrons. The van der Waals surface area contributed by atoms with E-state index < -0.39 is 24.0 Å². The number of primary amides is 1. The summed E-state index contributed by atoms with van der Waals surface area (Å²) >= 11 is 1.53. The monoisotopic (exact) mass is 556 g/mol. The molecule has 2 aromatic carbocycles. The minimum absolute atomic E-state index is 0.0880. The zero-order chi connectivity index (χ0) is 28.8. The van der Waals surface area contributed by atoms with Crippen LogP contribution in [0.3, 0.4) is 0 Å². The van der Waals surface area contributed by atoms with E-state index in [0.29, 0.717) is 31.3 Å². The number of benzene rings is 2. The Bertz CT molecular complexity index is 1060. The topological polar surface area (TPSA) is 125 Å². The number of nitrogens with zero attached hydrogens (tertiary/aromatic N) is 1. The van der Waals surface area contributed by atoms with E-state index in [9.17, 15) is 19.5 Å². The van der Waals surface area contributed by atoms with Crippen LogP contribution >= 0.6 is 11.8 Å². The molecule has 2 atom stereocenters. The lowest BCUT2D eigenvalue weighted by atomic mass is 10.0. The number of aliphatic hydroxyl groups excluding tert-OH is 1. The summed E-state index contributed by atoms with van der Waals surface area (Å²) < 4.78 is 0. The van der Waals surface area contributed by atoms with Crippen molar-refractivity contribution in [2.45, 2.75) is 64.0 Å². The molecular weight excluding hydrogens is 512 g/mol. The van der Waals surface area contributed by atoms with Crippen LogP contribution < -0.4 is 16.4 Å². The molecule has 5 N–H and O–H groups in total. The highest BCUT2D eigenvalue weighted by Gasteiger charge is 2.24. The number of amides is 3. The van der Waals surface area contributed by atoms with E-state index in [4.69, 9.17) is 5.73 Å². The Morgan fingerprint density at radius 3 is 2.18 bits per heavy atom. The minimum Gasteiger partial charge on any atom is -0.390 e. The summed E-state index contributed by atoms with van der Waals surface area (Å²) in [6.07, 6.45) is 1.71. The molecular formula is C30H44N4O4S. The van der Waals surface area contributed by atoms with Gasteiger partial charge < -0.3 is 26.4 Å². The zero-order valence-electron chi connectivity index (χ0n) is 23.6. The first kappa shape index (κ1) is 32.3. The molecule has 0 aromatic heterocycles. The fourth-order valence-electron chi connectivity index (χ4n) is 4.05. The van der Waals surface area contributed by atoms with Crippen molar-refractivity contribution < 1.29 is 19.5 Å². The van der Waals surface area contributed by atoms with Gasteiger partial charge in [0.1, 0.15) is 0 Å². The molecule has 2 rings (SSSR count). The molecule has 0 aliphatic carbocycles. The molecule has 8 nitrogen and oxygen atoms in total. The van der Waals surface area contributed by atoms with Gasteiger partial charge in [0.25, 0.3) is 11.8 Å². The Kier molecular flexibility index (Phi) is 14.0. The number of rotatable bonds is 17. The minimum atomic E-state index is -0.845. The Balaban J connectivity index is 2.27. The number of hydrogen-bond donors (Lipinski definition) is 4. The van der Waals surface area contributed by atoms with E-state index in [2.05, 4.69) is 24.5 Å². The number of carbonyl (C=O) groups is 3. The van der Waals surface area contributed by atoms with E-state index in [0.717, 1.165) is 30.7 Å². The van der Waals surface area contributed by atoms with E-state index in [1.54, 1.807) is 4.90 Å². The molecule has 3 amide bonds. The van der Waals surface area contributed by atoms with Crippen molar-refractivity contribution in [2.24, 2.45) is 11.7 Å². The second-order valence-electron chi connectivity index (χ2n) is 10.1. The lowest BCUT2D eigenvalue weighted by Crippen LogP contribution is -2.49. The first-order valence-corrected chi connectivity index (χ1v) is 14.8. The van der Waals surface area contributed by atoms with Crippen LogP contribution in [-0.4, -0.2) is 71.8 Å². The fraction of sp³-hybridized carbons (Fsp3) is 0.500. The van der Waals surface area contributed by atoms with Gasteiger partial charge in [0, 0.05) is 47.0 Å². The second kappa shape index (κ2) is 16.9. The van der Waals surface area contributed by atoms with Gasteiger partial charge in [-0.15, -0.1) is 11.8 Å². The SMILES string of the molecule is CCCN(CCC)C(=O)c1cc(C(N)=O)cc(C(=O)N[C@@H](CSc2ccccc2)[C@H](O)CNCCC(C)C)c1. The highest BCUT2D eigenvalue weighted by Crippen LogP contribution is 2.20. The van der Waals surface area contributed by atoms with Gasteiger partial charge in [-0.1, -0.05) is 45.9 Å². The van der Waals surface area contributed by atoms with Crippen LogP contribution in [0.1, 0.15) is 78.0 Å². The van der Waals surface area contributed by atoms with Crippen molar-refractivity contribution in [1.82, 2.24) is 15.5 Å². The highest BCUT2D eigenvalue weighted by molar-refractivity contribution is 7.99. The zero-order valence-corrected chi connectivity index (χ0v) is 24.4. The van der Waals surface area contributed by atoms with Crippen LogP contribution in [0.5, 0.6) is 0 Å². The van der Waals surface area contributed by atoms with Crippen molar-refractivity contribution in [3.8, 4) is 0 Å². The van der Waals surface area contributed by atoms with E-state index >= 15 is 0 Å². The highest BCUT2D eigenvalue weighted by atomic mass is 32.2.